The molecule has 0 saturated carbocycles. The van der Waals surface area contributed by atoms with Crippen LogP contribution in [0.3, 0.4) is 0 Å². The summed E-state index contributed by atoms with van der Waals surface area (Å²) in [5.41, 5.74) is 0.163. The van der Waals surface area contributed by atoms with E-state index in [2.05, 4.69) is 0 Å². The number of anilines is 1. The van der Waals surface area contributed by atoms with Crippen molar-refractivity contribution in [3.63, 3.8) is 0 Å². The highest BCUT2D eigenvalue weighted by molar-refractivity contribution is 7.92. The maximum Gasteiger partial charge on any atom is 0.264 e. The largest absolute Gasteiger partial charge is 0.279 e. The van der Waals surface area contributed by atoms with Gasteiger partial charge in [-0.25, -0.2) is 30.8 Å². The third-order valence-electron chi connectivity index (χ3n) is 2.93. The average Bonchev–Trinajstić information content (AvgIpc) is 2.42. The fraction of sp³-hybridized carbons (Fsp3) is 0.0769. The van der Waals surface area contributed by atoms with Crippen molar-refractivity contribution < 1.29 is 25.6 Å². The fourth-order valence-electron chi connectivity index (χ4n) is 1.86. The Kier molecular flexibility index (Phi) is 4.42. The highest BCUT2D eigenvalue weighted by Gasteiger charge is 2.21. The van der Waals surface area contributed by atoms with Crippen LogP contribution < -0.4 is 9.86 Å². The van der Waals surface area contributed by atoms with Crippen molar-refractivity contribution >= 4 is 25.7 Å². The van der Waals surface area contributed by atoms with Crippen LogP contribution in [0.4, 0.5) is 14.5 Å². The van der Waals surface area contributed by atoms with Crippen molar-refractivity contribution in [3.8, 4) is 0 Å². The number of primary sulfonamides is 1. The first-order chi connectivity index (χ1) is 10.5. The van der Waals surface area contributed by atoms with E-state index in [1.165, 1.54) is 19.1 Å². The van der Waals surface area contributed by atoms with Crippen LogP contribution in [0.25, 0.3) is 0 Å². The van der Waals surface area contributed by atoms with Gasteiger partial charge in [0.05, 0.1) is 10.6 Å². The van der Waals surface area contributed by atoms with E-state index in [0.29, 0.717) is 17.7 Å². The van der Waals surface area contributed by atoms with E-state index in [-0.39, 0.29) is 10.6 Å². The molecule has 3 N–H and O–H groups in total. The van der Waals surface area contributed by atoms with E-state index < -0.39 is 36.6 Å². The van der Waals surface area contributed by atoms with Gasteiger partial charge in [-0.1, -0.05) is 6.07 Å². The molecule has 0 radical (unpaired) electrons. The Balaban J connectivity index is 2.48. The number of sulfonamides is 2. The molecule has 2 aromatic rings. The Bertz CT molecular complexity index is 973. The molecule has 0 spiro atoms. The van der Waals surface area contributed by atoms with E-state index >= 15 is 0 Å². The molecule has 6 nitrogen and oxygen atoms in total. The minimum absolute atomic E-state index is 0.150. The number of rotatable bonds is 4. The lowest BCUT2D eigenvalue weighted by Gasteiger charge is -2.11. The van der Waals surface area contributed by atoms with Gasteiger partial charge in [0.1, 0.15) is 16.5 Å². The van der Waals surface area contributed by atoms with Gasteiger partial charge in [-0.05, 0) is 42.8 Å². The molecule has 23 heavy (non-hydrogen) atoms. The van der Waals surface area contributed by atoms with Crippen molar-refractivity contribution in [1.82, 2.24) is 0 Å². The number of halogens is 2. The van der Waals surface area contributed by atoms with E-state index in [1.807, 2.05) is 4.72 Å². The molecule has 124 valence electrons. The minimum Gasteiger partial charge on any atom is -0.279 e. The zero-order valence-corrected chi connectivity index (χ0v) is 13.4. The summed E-state index contributed by atoms with van der Waals surface area (Å²) in [7, 11) is -8.50. The van der Waals surface area contributed by atoms with E-state index in [1.54, 1.807) is 0 Å². The minimum atomic E-state index is -4.44. The summed E-state index contributed by atoms with van der Waals surface area (Å²) in [5, 5.41) is 5.03. The van der Waals surface area contributed by atoms with Gasteiger partial charge in [0.2, 0.25) is 10.0 Å². The monoisotopic (exact) mass is 362 g/mol. The van der Waals surface area contributed by atoms with Gasteiger partial charge in [0.15, 0.2) is 0 Å². The van der Waals surface area contributed by atoms with Crippen molar-refractivity contribution in [2.75, 3.05) is 4.72 Å². The predicted molar refractivity (Wildman–Crippen MR) is 79.7 cm³/mol. The van der Waals surface area contributed by atoms with Crippen molar-refractivity contribution in [3.05, 3.63) is 53.6 Å². The van der Waals surface area contributed by atoms with Crippen LogP contribution in [-0.4, -0.2) is 16.8 Å². The topological polar surface area (TPSA) is 106 Å². The molecule has 0 aliphatic heterocycles. The van der Waals surface area contributed by atoms with Gasteiger partial charge in [0, 0.05) is 0 Å². The molecule has 0 fully saturated rings. The average molecular weight is 362 g/mol. The number of nitrogens with one attached hydrogen (secondary N) is 1. The Morgan fingerprint density at radius 3 is 2.22 bits per heavy atom. The zero-order valence-electron chi connectivity index (χ0n) is 11.7. The third-order valence-corrected chi connectivity index (χ3v) is 5.38. The van der Waals surface area contributed by atoms with Crippen LogP contribution in [0.15, 0.2) is 46.2 Å². The van der Waals surface area contributed by atoms with Crippen LogP contribution in [0, 0.1) is 18.6 Å². The van der Waals surface area contributed by atoms with Crippen LogP contribution >= 0.6 is 0 Å². The lowest BCUT2D eigenvalue weighted by molar-refractivity contribution is 0.555. The quantitative estimate of drug-likeness (QED) is 0.864. The molecule has 10 heteroatoms. The molecule has 0 atom stereocenters. The molecule has 0 bridgehead atoms. The standard InChI is InChI=1S/C13H12F2N2O4S2/c1-8-2-4-10(7-12(8)22(16,18)19)17-23(20,21)13-6-9(14)3-5-11(13)15/h2-7,17H,1H3,(H2,16,18,19). The molecule has 0 aliphatic rings. The molecular formula is C13H12F2N2O4S2. The summed E-state index contributed by atoms with van der Waals surface area (Å²) in [6, 6.07) is 5.58. The molecule has 0 aromatic heterocycles. The van der Waals surface area contributed by atoms with Gasteiger partial charge in [-0.3, -0.25) is 4.72 Å². The first kappa shape index (κ1) is 17.3. The Labute approximate surface area is 132 Å². The maximum atomic E-state index is 13.6. The van der Waals surface area contributed by atoms with E-state index in [0.717, 1.165) is 12.1 Å². The lowest BCUT2D eigenvalue weighted by Crippen LogP contribution is -2.17. The van der Waals surface area contributed by atoms with Gasteiger partial charge in [-0.2, -0.15) is 0 Å². The third kappa shape index (κ3) is 3.84. The zero-order chi connectivity index (χ0) is 17.4. The highest BCUT2D eigenvalue weighted by atomic mass is 32.2. The van der Waals surface area contributed by atoms with Crippen LogP contribution in [0.5, 0.6) is 0 Å². The number of aryl methyl sites for hydroxylation is 1. The van der Waals surface area contributed by atoms with E-state index in [9.17, 15) is 25.6 Å². The van der Waals surface area contributed by atoms with Crippen LogP contribution in [0.2, 0.25) is 0 Å². The smallest absolute Gasteiger partial charge is 0.264 e. The Hall–Kier alpha value is -2.04. The Morgan fingerprint density at radius 2 is 1.61 bits per heavy atom. The second kappa shape index (κ2) is 5.87. The number of benzene rings is 2. The van der Waals surface area contributed by atoms with Crippen molar-refractivity contribution in [1.29, 1.82) is 0 Å². The summed E-state index contributed by atoms with van der Waals surface area (Å²) in [5.74, 6) is -2.07. The summed E-state index contributed by atoms with van der Waals surface area (Å²) < 4.78 is 75.8. The van der Waals surface area contributed by atoms with Gasteiger partial charge >= 0.3 is 0 Å². The second-order valence-corrected chi connectivity index (χ2v) is 7.89. The molecule has 2 rings (SSSR count). The van der Waals surface area contributed by atoms with Gasteiger partial charge in [-0.15, -0.1) is 0 Å². The second-order valence-electron chi connectivity index (χ2n) is 4.71. The number of hydrogen-bond acceptors (Lipinski definition) is 4. The van der Waals surface area contributed by atoms with Crippen molar-refractivity contribution in [2.24, 2.45) is 5.14 Å². The normalized spacial score (nSPS) is 12.2. The molecule has 0 unspecified atom stereocenters. The fourth-order valence-corrected chi connectivity index (χ4v) is 3.81. The van der Waals surface area contributed by atoms with Crippen LogP contribution in [0.1, 0.15) is 5.56 Å². The number of hydrogen-bond donors (Lipinski definition) is 2. The highest BCUT2D eigenvalue weighted by Crippen LogP contribution is 2.23. The molecule has 2 aromatic carbocycles. The van der Waals surface area contributed by atoms with Gasteiger partial charge < -0.3 is 0 Å². The summed E-state index contributed by atoms with van der Waals surface area (Å²) in [6.07, 6.45) is 0. The maximum absolute atomic E-state index is 13.6. The molecule has 0 amide bonds. The Morgan fingerprint density at radius 1 is 0.957 bits per heavy atom. The first-order valence-electron chi connectivity index (χ1n) is 6.12. The predicted octanol–water partition coefficient (Wildman–Crippen LogP) is 1.72. The van der Waals surface area contributed by atoms with Crippen molar-refractivity contribution in [2.45, 2.75) is 16.7 Å². The van der Waals surface area contributed by atoms with E-state index in [4.69, 9.17) is 5.14 Å². The van der Waals surface area contributed by atoms with Crippen LogP contribution in [-0.2, 0) is 20.0 Å². The molecule has 0 aliphatic carbocycles. The number of nitrogens with two attached hydrogens (primary N) is 1. The summed E-state index contributed by atoms with van der Waals surface area (Å²) >= 11 is 0. The first-order valence-corrected chi connectivity index (χ1v) is 9.15. The molecular weight excluding hydrogens is 350 g/mol. The SMILES string of the molecule is Cc1ccc(NS(=O)(=O)c2cc(F)ccc2F)cc1S(N)(=O)=O. The molecule has 0 heterocycles. The van der Waals surface area contributed by atoms with Gasteiger partial charge in [0.25, 0.3) is 10.0 Å². The lowest BCUT2D eigenvalue weighted by atomic mass is 10.2. The summed E-state index contributed by atoms with van der Waals surface area (Å²) in [4.78, 5) is -1.17. The molecule has 0 saturated heterocycles. The summed E-state index contributed by atoms with van der Waals surface area (Å²) in [6.45, 7) is 1.48.